The molecule has 19 heavy (non-hydrogen) atoms. The number of pyridine rings is 1. The summed E-state index contributed by atoms with van der Waals surface area (Å²) in [7, 11) is 1.65. The maximum atomic E-state index is 5.55. The number of halogens is 1. The number of hydrogen-bond acceptors (Lipinski definition) is 3. The Morgan fingerprint density at radius 2 is 2.11 bits per heavy atom. The minimum atomic E-state index is 0. The average Bonchev–Trinajstić information content (AvgIpc) is 2.39. The molecule has 1 radical (unpaired) electrons. The molecule has 0 spiro atoms. The van der Waals surface area contributed by atoms with Crippen LogP contribution in [0.3, 0.4) is 0 Å². The van der Waals surface area contributed by atoms with Gasteiger partial charge in [-0.3, -0.25) is 0 Å². The Morgan fingerprint density at radius 3 is 2.84 bits per heavy atom. The van der Waals surface area contributed by atoms with Crippen molar-refractivity contribution in [3.63, 3.8) is 0 Å². The smallest absolute Gasteiger partial charge is 0.113 e. The molecule has 0 bridgehead atoms. The molecule has 5 heteroatoms. The van der Waals surface area contributed by atoms with Gasteiger partial charge in [-0.15, -0.1) is 29.8 Å². The predicted molar refractivity (Wildman–Crippen MR) is 73.6 cm³/mol. The van der Waals surface area contributed by atoms with Crippen molar-refractivity contribution in [2.75, 3.05) is 20.3 Å². The van der Waals surface area contributed by atoms with E-state index in [4.69, 9.17) is 9.47 Å². The molecular formula is C14H13BrNO2Rh-. The van der Waals surface area contributed by atoms with E-state index in [1.54, 1.807) is 13.3 Å². The molecule has 0 aliphatic carbocycles. The fourth-order valence-corrected chi connectivity index (χ4v) is 1.84. The molecule has 0 aliphatic heterocycles. The second-order valence-electron chi connectivity index (χ2n) is 3.64. The third-order valence-corrected chi connectivity index (χ3v) is 2.82. The molecule has 103 valence electrons. The minimum Gasteiger partial charge on any atom is -0.492 e. The van der Waals surface area contributed by atoms with Crippen LogP contribution in [0.5, 0.6) is 5.75 Å². The largest absolute Gasteiger partial charge is 0.492 e. The van der Waals surface area contributed by atoms with Gasteiger partial charge in [-0.1, -0.05) is 20.4 Å². The number of rotatable bonds is 5. The Morgan fingerprint density at radius 1 is 1.26 bits per heavy atom. The van der Waals surface area contributed by atoms with E-state index >= 15 is 0 Å². The van der Waals surface area contributed by atoms with Crippen molar-refractivity contribution in [2.45, 2.75) is 0 Å². The Hall–Kier alpha value is -0.767. The number of nitrogens with zero attached hydrogens (tertiary/aromatic N) is 1. The van der Waals surface area contributed by atoms with Crippen LogP contribution in [0.25, 0.3) is 11.3 Å². The van der Waals surface area contributed by atoms with Crippen molar-refractivity contribution >= 4 is 15.9 Å². The first-order valence-electron chi connectivity index (χ1n) is 5.55. The summed E-state index contributed by atoms with van der Waals surface area (Å²) in [4.78, 5) is 4.32. The third kappa shape index (κ3) is 5.02. The van der Waals surface area contributed by atoms with E-state index in [1.807, 2.05) is 30.3 Å². The van der Waals surface area contributed by atoms with Crippen LogP contribution in [0.4, 0.5) is 0 Å². The zero-order valence-corrected chi connectivity index (χ0v) is 13.6. The molecule has 0 aliphatic rings. The Labute approximate surface area is 134 Å². The van der Waals surface area contributed by atoms with Crippen LogP contribution in [0.2, 0.25) is 0 Å². The summed E-state index contributed by atoms with van der Waals surface area (Å²) in [6, 6.07) is 12.6. The zero-order chi connectivity index (χ0) is 12.8. The summed E-state index contributed by atoms with van der Waals surface area (Å²) in [6.07, 6.45) is 1.73. The van der Waals surface area contributed by atoms with Crippen LogP contribution in [-0.2, 0) is 24.2 Å². The van der Waals surface area contributed by atoms with Gasteiger partial charge in [-0.25, -0.2) is 0 Å². The maximum Gasteiger partial charge on any atom is 0.113 e. The van der Waals surface area contributed by atoms with Crippen LogP contribution >= 0.6 is 15.9 Å². The number of hydrogen-bond donors (Lipinski definition) is 0. The first-order valence-corrected chi connectivity index (χ1v) is 6.34. The van der Waals surface area contributed by atoms with E-state index in [1.165, 1.54) is 0 Å². The quantitative estimate of drug-likeness (QED) is 0.431. The van der Waals surface area contributed by atoms with Crippen molar-refractivity contribution in [1.29, 1.82) is 0 Å². The average molecular weight is 410 g/mol. The Bertz CT molecular complexity index is 522. The Kier molecular flexibility index (Phi) is 7.21. The number of methoxy groups -OCH3 is 1. The molecule has 1 aromatic heterocycles. The first kappa shape index (κ1) is 16.3. The monoisotopic (exact) mass is 409 g/mol. The van der Waals surface area contributed by atoms with Crippen molar-refractivity contribution in [3.05, 3.63) is 47.1 Å². The number of ether oxygens (including phenoxy) is 2. The van der Waals surface area contributed by atoms with Crippen LogP contribution in [0.1, 0.15) is 0 Å². The minimum absolute atomic E-state index is 0. The molecule has 0 unspecified atom stereocenters. The molecule has 2 rings (SSSR count). The van der Waals surface area contributed by atoms with E-state index in [0.29, 0.717) is 13.2 Å². The van der Waals surface area contributed by atoms with Gasteiger partial charge in [-0.2, -0.15) is 0 Å². The molecule has 1 heterocycles. The summed E-state index contributed by atoms with van der Waals surface area (Å²) in [5.41, 5.74) is 1.77. The molecule has 0 saturated carbocycles. The summed E-state index contributed by atoms with van der Waals surface area (Å²) in [5.74, 6) is 0.783. The molecule has 0 N–H and O–H groups in total. The van der Waals surface area contributed by atoms with E-state index in [2.05, 4.69) is 27.0 Å². The first-order chi connectivity index (χ1) is 8.79. The number of aromatic nitrogens is 1. The van der Waals surface area contributed by atoms with Gasteiger partial charge in [-0.05, 0) is 17.8 Å². The molecule has 0 atom stereocenters. The van der Waals surface area contributed by atoms with Crippen LogP contribution in [0.15, 0.2) is 41.0 Å². The molecule has 0 fully saturated rings. The van der Waals surface area contributed by atoms with Gasteiger partial charge in [0.15, 0.2) is 0 Å². The SMILES string of the molecule is COCCOc1ccnc(-c2[c-]ccc(Br)c2)c1.[Rh]. The third-order valence-electron chi connectivity index (χ3n) is 2.33. The van der Waals surface area contributed by atoms with E-state index in [9.17, 15) is 0 Å². The Balaban J connectivity index is 0.00000180. The normalized spacial score (nSPS) is 9.79. The van der Waals surface area contributed by atoms with Gasteiger partial charge in [0.05, 0.1) is 6.61 Å². The van der Waals surface area contributed by atoms with Crippen molar-refractivity contribution in [1.82, 2.24) is 4.98 Å². The predicted octanol–water partition coefficient (Wildman–Crippen LogP) is 3.33. The molecule has 1 aromatic carbocycles. The fraction of sp³-hybridized carbons (Fsp3) is 0.214. The fourth-order valence-electron chi connectivity index (χ4n) is 1.48. The van der Waals surface area contributed by atoms with Gasteiger partial charge < -0.3 is 14.5 Å². The van der Waals surface area contributed by atoms with Crippen molar-refractivity contribution < 1.29 is 29.0 Å². The topological polar surface area (TPSA) is 31.4 Å². The second kappa shape index (κ2) is 8.41. The van der Waals surface area contributed by atoms with Crippen LogP contribution in [0, 0.1) is 6.07 Å². The summed E-state index contributed by atoms with van der Waals surface area (Å²) < 4.78 is 11.5. The standard InChI is InChI=1S/C14H13BrNO2.Rh/c1-17-7-8-18-13-5-6-16-14(10-13)11-3-2-4-12(15)9-11;/h2,4-6,9-10H,7-8H2,1H3;/q-1;. The van der Waals surface area contributed by atoms with Gasteiger partial charge in [0, 0.05) is 32.8 Å². The van der Waals surface area contributed by atoms with Gasteiger partial charge in [0.25, 0.3) is 0 Å². The molecular weight excluding hydrogens is 397 g/mol. The molecule has 2 aromatic rings. The summed E-state index contributed by atoms with van der Waals surface area (Å²) in [6.45, 7) is 1.10. The van der Waals surface area contributed by atoms with Crippen LogP contribution in [-0.4, -0.2) is 25.3 Å². The molecule has 0 amide bonds. The van der Waals surface area contributed by atoms with Gasteiger partial charge in [0.1, 0.15) is 12.4 Å². The van der Waals surface area contributed by atoms with E-state index in [-0.39, 0.29) is 19.5 Å². The zero-order valence-electron chi connectivity index (χ0n) is 10.4. The van der Waals surface area contributed by atoms with Crippen LogP contribution < -0.4 is 4.74 Å². The molecule has 3 nitrogen and oxygen atoms in total. The van der Waals surface area contributed by atoms with Crippen molar-refractivity contribution in [2.24, 2.45) is 0 Å². The maximum absolute atomic E-state index is 5.55. The summed E-state index contributed by atoms with van der Waals surface area (Å²) in [5, 5.41) is 0. The van der Waals surface area contributed by atoms with Crippen molar-refractivity contribution in [3.8, 4) is 17.0 Å². The van der Waals surface area contributed by atoms with E-state index < -0.39 is 0 Å². The van der Waals surface area contributed by atoms with Gasteiger partial charge >= 0.3 is 0 Å². The van der Waals surface area contributed by atoms with Gasteiger partial charge in [0.2, 0.25) is 0 Å². The van der Waals surface area contributed by atoms with E-state index in [0.717, 1.165) is 21.5 Å². The number of benzene rings is 1. The second-order valence-corrected chi connectivity index (χ2v) is 4.55. The molecule has 0 saturated heterocycles. The summed E-state index contributed by atoms with van der Waals surface area (Å²) >= 11 is 3.43.